The maximum Gasteiger partial charge on any atom is 2.00 e. The van der Waals surface area contributed by atoms with Gasteiger partial charge < -0.3 is 34.0 Å². The van der Waals surface area contributed by atoms with Crippen molar-refractivity contribution in [3.05, 3.63) is 0 Å². The van der Waals surface area contributed by atoms with Gasteiger partial charge in [-0.15, -0.1) is 0 Å². The maximum atomic E-state index is 9.90. The van der Waals surface area contributed by atoms with E-state index in [0.717, 1.165) is 0 Å². The second-order valence-corrected chi connectivity index (χ2v) is 1.66. The van der Waals surface area contributed by atoms with Gasteiger partial charge in [0.2, 0.25) is 0 Å². The van der Waals surface area contributed by atoms with E-state index in [4.69, 9.17) is 15.0 Å². The van der Waals surface area contributed by atoms with Crippen molar-refractivity contribution in [1.82, 2.24) is 0 Å². The van der Waals surface area contributed by atoms with Gasteiger partial charge in [-0.05, 0) is 6.16 Å². The fourth-order valence-electron chi connectivity index (χ4n) is 0.507. The van der Waals surface area contributed by atoms with Crippen LogP contribution in [0.25, 0.3) is 0 Å². The molecule has 0 unspecified atom stereocenters. The van der Waals surface area contributed by atoms with Crippen LogP contribution < -0.4 is 10.2 Å². The Balaban J connectivity index is 0.000000299. The summed E-state index contributed by atoms with van der Waals surface area (Å²) in [5.41, 5.74) is 0. The van der Waals surface area contributed by atoms with E-state index in [1.807, 2.05) is 0 Å². The average Bonchev–Trinajstić information content (AvgIpc) is 1.79. The summed E-state index contributed by atoms with van der Waals surface area (Å²) < 4.78 is 16.4. The van der Waals surface area contributed by atoms with E-state index < -0.39 is 24.6 Å². The van der Waals surface area contributed by atoms with Crippen LogP contribution in [0.4, 0.5) is 14.4 Å². The number of carbonyl (C=O) groups excluding carboxylic acids is 3. The van der Waals surface area contributed by atoms with Crippen molar-refractivity contribution in [2.24, 2.45) is 0 Å². The maximum absolute atomic E-state index is 9.90. The Morgan fingerprint density at radius 1 is 1.00 bits per heavy atom. The molecule has 0 N–H and O–H groups in total. The first-order valence-corrected chi connectivity index (χ1v) is 2.65. The number of carbonyl (C=O) groups is 3. The quantitative estimate of drug-likeness (QED) is 0.340. The molecule has 10 heteroatoms. The van der Waals surface area contributed by atoms with Gasteiger partial charge in [0.1, 0.15) is 0 Å². The first-order chi connectivity index (χ1) is 5.93. The minimum absolute atomic E-state index is 0. The number of carboxylic acid groups (broad SMARTS) is 2. The van der Waals surface area contributed by atoms with Gasteiger partial charge in [-0.2, -0.15) is 0 Å². The molecular formula is C4O9Zn. The number of ether oxygens (including phenoxy) is 4. The Hall–Kier alpha value is -1.57. The molecule has 0 aromatic carbocycles. The zero-order chi connectivity index (χ0) is 10.1. The molecule has 72 valence electrons. The molecule has 0 saturated carbocycles. The first-order valence-electron chi connectivity index (χ1n) is 2.65. The van der Waals surface area contributed by atoms with Crippen molar-refractivity contribution in [1.29, 1.82) is 0 Å². The van der Waals surface area contributed by atoms with Crippen molar-refractivity contribution >= 4 is 18.5 Å². The van der Waals surface area contributed by atoms with Gasteiger partial charge in [0.05, 0.1) is 0 Å². The second-order valence-electron chi connectivity index (χ2n) is 1.66. The van der Waals surface area contributed by atoms with Crippen LogP contribution in [-0.4, -0.2) is 24.6 Å². The van der Waals surface area contributed by atoms with Crippen molar-refractivity contribution in [2.75, 3.05) is 0 Å². The van der Waals surface area contributed by atoms with Gasteiger partial charge in [0, 0.05) is 0 Å². The second kappa shape index (κ2) is 4.10. The molecule has 0 aromatic heterocycles. The van der Waals surface area contributed by atoms with Crippen molar-refractivity contribution in [3.8, 4) is 0 Å². The van der Waals surface area contributed by atoms with Crippen LogP contribution in [0.15, 0.2) is 0 Å². The standard InChI is InChI=1S/C3O6.CH2O3.Zn/c4-1-6-3(7-1)8-2(5)9-3;2-1(3)4;/h;(H2,2,3,4);/q;;+2/p-2. The summed E-state index contributed by atoms with van der Waals surface area (Å²) in [6.45, 7) is 0. The Bertz CT molecular complexity index is 226. The van der Waals surface area contributed by atoms with Gasteiger partial charge in [-0.25, -0.2) is 9.59 Å². The van der Waals surface area contributed by atoms with Crippen LogP contribution in [0.2, 0.25) is 0 Å². The third-order valence-electron chi connectivity index (χ3n) is 0.833. The van der Waals surface area contributed by atoms with E-state index in [0.29, 0.717) is 0 Å². The summed E-state index contributed by atoms with van der Waals surface area (Å²) in [7, 11) is 0. The Kier molecular flexibility index (Phi) is 3.64. The fourth-order valence-corrected chi connectivity index (χ4v) is 0.507. The van der Waals surface area contributed by atoms with E-state index in [2.05, 4.69) is 18.9 Å². The first kappa shape index (κ1) is 12.4. The van der Waals surface area contributed by atoms with E-state index in [1.165, 1.54) is 0 Å². The SMILES string of the molecule is O=C([O-])[O-].O=C1OC2(O1)OC(=O)O2.[Zn+2]. The molecule has 2 aliphatic rings. The van der Waals surface area contributed by atoms with E-state index in [9.17, 15) is 9.59 Å². The molecule has 2 saturated heterocycles. The molecule has 9 nitrogen and oxygen atoms in total. The van der Waals surface area contributed by atoms with Crippen LogP contribution in [0.3, 0.4) is 0 Å². The smallest absolute Gasteiger partial charge is 0.652 e. The largest absolute Gasteiger partial charge is 2.00 e. The number of hydrogen-bond acceptors (Lipinski definition) is 9. The van der Waals surface area contributed by atoms with Crippen LogP contribution in [0.5, 0.6) is 0 Å². The van der Waals surface area contributed by atoms with E-state index in [1.54, 1.807) is 0 Å². The fraction of sp³-hybridized carbons (Fsp3) is 0.250. The molecule has 2 rings (SSSR count). The van der Waals surface area contributed by atoms with Gasteiger partial charge in [-0.3, -0.25) is 0 Å². The Labute approximate surface area is 88.2 Å². The van der Waals surface area contributed by atoms with Gasteiger partial charge in [0.15, 0.2) is 0 Å². The summed E-state index contributed by atoms with van der Waals surface area (Å²) in [4.78, 5) is 28.1. The van der Waals surface area contributed by atoms with Gasteiger partial charge in [0.25, 0.3) is 0 Å². The third-order valence-corrected chi connectivity index (χ3v) is 0.833. The normalized spacial score (nSPS) is 18.6. The Morgan fingerprint density at radius 2 is 1.21 bits per heavy atom. The monoisotopic (exact) mass is 256 g/mol. The van der Waals surface area contributed by atoms with Crippen LogP contribution in [-0.2, 0) is 38.4 Å². The molecule has 0 atom stereocenters. The van der Waals surface area contributed by atoms with Crippen molar-refractivity contribution < 1.29 is 63.0 Å². The molecule has 2 heterocycles. The molecule has 14 heavy (non-hydrogen) atoms. The summed E-state index contributed by atoms with van der Waals surface area (Å²) in [6.07, 6.45) is -5.97. The molecular weight excluding hydrogens is 257 g/mol. The predicted octanol–water partition coefficient (Wildman–Crippen LogP) is -2.52. The number of hydrogen-bond donors (Lipinski definition) is 0. The summed E-state index contributed by atoms with van der Waals surface area (Å²) in [6, 6.07) is 0. The molecule has 2 fully saturated rings. The molecule has 0 bridgehead atoms. The summed E-state index contributed by atoms with van der Waals surface area (Å²) in [5, 5.41) is 16.7. The van der Waals surface area contributed by atoms with Crippen molar-refractivity contribution in [3.63, 3.8) is 0 Å². The van der Waals surface area contributed by atoms with Crippen molar-refractivity contribution in [2.45, 2.75) is 6.16 Å². The molecule has 0 aliphatic carbocycles. The minimum Gasteiger partial charge on any atom is -0.652 e. The molecule has 1 spiro atoms. The topological polar surface area (TPSA) is 134 Å². The third kappa shape index (κ3) is 2.73. The molecule has 2 aliphatic heterocycles. The minimum atomic E-state index is -2.33. The number of rotatable bonds is 0. The van der Waals surface area contributed by atoms with Crippen LogP contribution in [0.1, 0.15) is 0 Å². The molecule has 0 radical (unpaired) electrons. The van der Waals surface area contributed by atoms with E-state index >= 15 is 0 Å². The van der Waals surface area contributed by atoms with E-state index in [-0.39, 0.29) is 19.5 Å². The summed E-state index contributed by atoms with van der Waals surface area (Å²) >= 11 is 0. The average molecular weight is 257 g/mol. The Morgan fingerprint density at radius 3 is 1.36 bits per heavy atom. The molecule has 0 aromatic rings. The van der Waals surface area contributed by atoms with Gasteiger partial charge in [-0.1, -0.05) is 0 Å². The zero-order valence-electron chi connectivity index (χ0n) is 6.38. The van der Waals surface area contributed by atoms with Crippen LogP contribution >= 0.6 is 0 Å². The molecule has 0 amide bonds. The predicted molar refractivity (Wildman–Crippen MR) is 23.3 cm³/mol. The van der Waals surface area contributed by atoms with Crippen LogP contribution in [0, 0.1) is 0 Å². The van der Waals surface area contributed by atoms with Gasteiger partial charge >= 0.3 is 37.9 Å². The zero-order valence-corrected chi connectivity index (χ0v) is 9.35. The summed E-state index contributed by atoms with van der Waals surface area (Å²) in [5.74, 6) is 0.